The molecule has 2 aromatic heterocycles. The number of ether oxygens (including phenoxy) is 1. The van der Waals surface area contributed by atoms with Gasteiger partial charge in [-0.1, -0.05) is 30.3 Å². The number of furan rings is 1. The lowest BCUT2D eigenvalue weighted by Gasteiger charge is -2.13. The maximum atomic E-state index is 12.3. The van der Waals surface area contributed by atoms with Gasteiger partial charge in [-0.25, -0.2) is 4.79 Å². The van der Waals surface area contributed by atoms with Crippen molar-refractivity contribution in [3.8, 4) is 16.9 Å². The number of carbonyl (C=O) groups is 1. The largest absolute Gasteiger partial charge is 0.484 e. The van der Waals surface area contributed by atoms with E-state index in [0.717, 1.165) is 16.7 Å². The van der Waals surface area contributed by atoms with Gasteiger partial charge >= 0.3 is 5.63 Å². The van der Waals surface area contributed by atoms with Gasteiger partial charge in [-0.3, -0.25) is 4.79 Å². The third-order valence-corrected chi connectivity index (χ3v) is 4.67. The number of rotatable bonds is 7. The molecule has 0 saturated carbocycles. The van der Waals surface area contributed by atoms with Crippen molar-refractivity contribution >= 4 is 16.9 Å². The summed E-state index contributed by atoms with van der Waals surface area (Å²) in [5.74, 6) is 1.14. The molecule has 2 aromatic carbocycles. The SMILES string of the molecule is C[C@H](Cc1ccco1)NC(=O)COc1ccc(-c2cc3ccccc3oc2=O)cc1. The lowest BCUT2D eigenvalue weighted by Crippen LogP contribution is -2.37. The molecule has 1 atom stereocenters. The average Bonchev–Trinajstić information content (AvgIpc) is 3.25. The van der Waals surface area contributed by atoms with E-state index in [2.05, 4.69) is 5.32 Å². The van der Waals surface area contributed by atoms with E-state index < -0.39 is 5.63 Å². The van der Waals surface area contributed by atoms with Crippen LogP contribution >= 0.6 is 0 Å². The fraction of sp³-hybridized carbons (Fsp3) is 0.167. The Morgan fingerprint density at radius 1 is 1.07 bits per heavy atom. The summed E-state index contributed by atoms with van der Waals surface area (Å²) < 4.78 is 16.2. The van der Waals surface area contributed by atoms with Gasteiger partial charge in [-0.15, -0.1) is 0 Å². The summed E-state index contributed by atoms with van der Waals surface area (Å²) in [4.78, 5) is 24.4. The van der Waals surface area contributed by atoms with Crippen molar-refractivity contribution < 1.29 is 18.4 Å². The molecule has 0 aliphatic carbocycles. The first-order valence-electron chi connectivity index (χ1n) is 9.66. The van der Waals surface area contributed by atoms with Crippen molar-refractivity contribution in [3.05, 3.63) is 89.2 Å². The van der Waals surface area contributed by atoms with Crippen molar-refractivity contribution in [1.82, 2.24) is 5.32 Å². The molecule has 0 bridgehead atoms. The van der Waals surface area contributed by atoms with Crippen molar-refractivity contribution in [2.24, 2.45) is 0 Å². The molecule has 0 spiro atoms. The quantitative estimate of drug-likeness (QED) is 0.468. The van der Waals surface area contributed by atoms with Crippen molar-refractivity contribution in [2.45, 2.75) is 19.4 Å². The van der Waals surface area contributed by atoms with Crippen LogP contribution in [0, 0.1) is 0 Å². The van der Waals surface area contributed by atoms with Gasteiger partial charge in [0.15, 0.2) is 6.61 Å². The smallest absolute Gasteiger partial charge is 0.344 e. The van der Waals surface area contributed by atoms with Crippen LogP contribution in [0.5, 0.6) is 5.75 Å². The third-order valence-electron chi connectivity index (χ3n) is 4.67. The number of fused-ring (bicyclic) bond motifs is 1. The van der Waals surface area contributed by atoms with Crippen molar-refractivity contribution in [1.29, 1.82) is 0 Å². The van der Waals surface area contributed by atoms with Gasteiger partial charge < -0.3 is 18.9 Å². The van der Waals surface area contributed by atoms with Crippen molar-refractivity contribution in [2.75, 3.05) is 6.61 Å². The van der Waals surface area contributed by atoms with Crippen LogP contribution in [0.2, 0.25) is 0 Å². The molecular formula is C24H21NO5. The Morgan fingerprint density at radius 3 is 2.63 bits per heavy atom. The summed E-state index contributed by atoms with van der Waals surface area (Å²) in [7, 11) is 0. The number of hydrogen-bond acceptors (Lipinski definition) is 5. The maximum absolute atomic E-state index is 12.3. The number of benzene rings is 2. The molecule has 0 radical (unpaired) electrons. The number of amides is 1. The Morgan fingerprint density at radius 2 is 1.87 bits per heavy atom. The fourth-order valence-electron chi connectivity index (χ4n) is 3.24. The van der Waals surface area contributed by atoms with Crippen LogP contribution in [0.4, 0.5) is 0 Å². The molecule has 4 rings (SSSR count). The van der Waals surface area contributed by atoms with Crippen LogP contribution in [0.1, 0.15) is 12.7 Å². The van der Waals surface area contributed by atoms with Crippen LogP contribution in [-0.4, -0.2) is 18.6 Å². The third kappa shape index (κ3) is 4.60. The van der Waals surface area contributed by atoms with Crippen LogP contribution in [0.15, 0.2) is 86.6 Å². The molecule has 4 aromatic rings. The minimum absolute atomic E-state index is 0.0678. The second-order valence-electron chi connectivity index (χ2n) is 7.05. The molecule has 0 unspecified atom stereocenters. The van der Waals surface area contributed by atoms with Gasteiger partial charge in [0.05, 0.1) is 11.8 Å². The summed E-state index contributed by atoms with van der Waals surface area (Å²) in [6.07, 6.45) is 2.22. The van der Waals surface area contributed by atoms with Crippen LogP contribution < -0.4 is 15.7 Å². The molecule has 152 valence electrons. The van der Waals surface area contributed by atoms with E-state index in [4.69, 9.17) is 13.6 Å². The zero-order chi connectivity index (χ0) is 20.9. The van der Waals surface area contributed by atoms with E-state index in [9.17, 15) is 9.59 Å². The van der Waals surface area contributed by atoms with E-state index in [1.165, 1.54) is 0 Å². The van der Waals surface area contributed by atoms with E-state index in [-0.39, 0.29) is 18.6 Å². The number of hydrogen-bond donors (Lipinski definition) is 1. The van der Waals surface area contributed by atoms with Gasteiger partial charge in [0.25, 0.3) is 5.91 Å². The number of nitrogens with one attached hydrogen (secondary N) is 1. The molecule has 6 nitrogen and oxygen atoms in total. The highest BCUT2D eigenvalue weighted by molar-refractivity contribution is 5.81. The lowest BCUT2D eigenvalue weighted by atomic mass is 10.1. The molecule has 0 aliphatic heterocycles. The molecule has 0 aliphatic rings. The number of carbonyl (C=O) groups excluding carboxylic acids is 1. The highest BCUT2D eigenvalue weighted by atomic mass is 16.5. The first-order valence-corrected chi connectivity index (χ1v) is 9.66. The summed E-state index contributed by atoms with van der Waals surface area (Å²) in [6.45, 7) is 1.81. The van der Waals surface area contributed by atoms with Crippen LogP contribution in [0.25, 0.3) is 22.1 Å². The second kappa shape index (κ2) is 8.69. The molecule has 30 heavy (non-hydrogen) atoms. The van der Waals surface area contributed by atoms with Gasteiger partial charge in [-0.05, 0) is 48.9 Å². The standard InChI is InChI=1S/C24H21NO5/c1-16(13-20-6-4-12-28-20)25-23(26)15-29-19-10-8-17(9-11-19)21-14-18-5-2-3-7-22(18)30-24(21)27/h2-12,14,16H,13,15H2,1H3,(H,25,26)/t16-/m1/s1. The fourth-order valence-corrected chi connectivity index (χ4v) is 3.24. The molecule has 0 fully saturated rings. The topological polar surface area (TPSA) is 81.7 Å². The van der Waals surface area contributed by atoms with E-state index in [0.29, 0.717) is 23.3 Å². The van der Waals surface area contributed by atoms with E-state index >= 15 is 0 Å². The molecule has 1 amide bonds. The lowest BCUT2D eigenvalue weighted by molar-refractivity contribution is -0.123. The average molecular weight is 403 g/mol. The zero-order valence-corrected chi connectivity index (χ0v) is 16.5. The van der Waals surface area contributed by atoms with E-state index in [1.807, 2.05) is 43.3 Å². The Kier molecular flexibility index (Phi) is 5.66. The molecule has 6 heteroatoms. The minimum atomic E-state index is -0.396. The van der Waals surface area contributed by atoms with Crippen LogP contribution in [0.3, 0.4) is 0 Å². The predicted octanol–water partition coefficient (Wildman–Crippen LogP) is 4.18. The first-order chi connectivity index (χ1) is 14.6. The first kappa shape index (κ1) is 19.5. The highest BCUT2D eigenvalue weighted by Crippen LogP contribution is 2.23. The van der Waals surface area contributed by atoms with Gasteiger partial charge in [-0.2, -0.15) is 0 Å². The highest BCUT2D eigenvalue weighted by Gasteiger charge is 2.11. The normalized spacial score (nSPS) is 11.9. The van der Waals surface area contributed by atoms with Gasteiger partial charge in [0, 0.05) is 17.8 Å². The molecular weight excluding hydrogens is 382 g/mol. The zero-order valence-electron chi connectivity index (χ0n) is 16.5. The minimum Gasteiger partial charge on any atom is -0.484 e. The summed E-state index contributed by atoms with van der Waals surface area (Å²) in [6, 6.07) is 19.8. The Bertz CT molecular complexity index is 1190. The number of para-hydroxylation sites is 1. The maximum Gasteiger partial charge on any atom is 0.344 e. The van der Waals surface area contributed by atoms with Gasteiger partial charge in [0.2, 0.25) is 0 Å². The molecule has 0 saturated heterocycles. The monoisotopic (exact) mass is 403 g/mol. The van der Waals surface area contributed by atoms with Gasteiger partial charge in [0.1, 0.15) is 17.1 Å². The Hall–Kier alpha value is -3.80. The summed E-state index contributed by atoms with van der Waals surface area (Å²) in [5.41, 5.74) is 1.36. The Balaban J connectivity index is 1.36. The van der Waals surface area contributed by atoms with Crippen LogP contribution in [-0.2, 0) is 11.2 Å². The predicted molar refractivity (Wildman–Crippen MR) is 113 cm³/mol. The second-order valence-corrected chi connectivity index (χ2v) is 7.05. The molecule has 2 heterocycles. The van der Waals surface area contributed by atoms with E-state index in [1.54, 1.807) is 36.6 Å². The summed E-state index contributed by atoms with van der Waals surface area (Å²) in [5, 5.41) is 3.73. The Labute approximate surface area is 173 Å². The summed E-state index contributed by atoms with van der Waals surface area (Å²) >= 11 is 0. The molecule has 1 N–H and O–H groups in total. The van der Waals surface area contributed by atoms with Crippen molar-refractivity contribution in [3.63, 3.8) is 0 Å².